The quantitative estimate of drug-likeness (QED) is 0.335. The molecule has 0 spiro atoms. The second kappa shape index (κ2) is 7.80. The largest absolute Gasteiger partial charge is 0.0622 e. The number of benzene rings is 4. The molecule has 0 N–H and O–H groups in total. The second-order valence-electron chi connectivity index (χ2n) is 8.43. The molecule has 0 amide bonds. The number of hydrogen-bond donors (Lipinski definition) is 0. The molecule has 0 heteroatoms. The van der Waals surface area contributed by atoms with Crippen LogP contribution in [0.25, 0.3) is 28.3 Å². The predicted octanol–water partition coefficient (Wildman–Crippen LogP) is 7.82. The molecule has 30 heavy (non-hydrogen) atoms. The van der Waals surface area contributed by atoms with E-state index in [-0.39, 0.29) is 0 Å². The average Bonchev–Trinajstić information content (AvgIpc) is 3.19. The lowest BCUT2D eigenvalue weighted by molar-refractivity contribution is 1.07. The van der Waals surface area contributed by atoms with E-state index >= 15 is 0 Å². The minimum Gasteiger partial charge on any atom is -0.0622 e. The molecule has 0 bridgehead atoms. The highest BCUT2D eigenvalue weighted by molar-refractivity contribution is 5.87. The van der Waals surface area contributed by atoms with Crippen LogP contribution < -0.4 is 0 Å². The van der Waals surface area contributed by atoms with Crippen molar-refractivity contribution in [3.8, 4) is 22.3 Å². The second-order valence-corrected chi connectivity index (χ2v) is 8.43. The summed E-state index contributed by atoms with van der Waals surface area (Å²) in [5.41, 5.74) is 13.6. The molecule has 0 radical (unpaired) electrons. The van der Waals surface area contributed by atoms with E-state index in [4.69, 9.17) is 0 Å². The summed E-state index contributed by atoms with van der Waals surface area (Å²) in [6.45, 7) is 4.29. The number of fused-ring (bicyclic) bond motifs is 1. The molecule has 0 fully saturated rings. The molecular weight excluding hydrogens is 360 g/mol. The van der Waals surface area contributed by atoms with Crippen molar-refractivity contribution in [2.45, 2.75) is 26.7 Å². The van der Waals surface area contributed by atoms with Gasteiger partial charge < -0.3 is 0 Å². The minimum absolute atomic E-state index is 1.01. The fraction of sp³-hybridized carbons (Fsp3) is 0.133. The van der Waals surface area contributed by atoms with Crippen LogP contribution in [-0.2, 0) is 12.8 Å². The Morgan fingerprint density at radius 2 is 1.17 bits per heavy atom. The maximum absolute atomic E-state index is 2.44. The van der Waals surface area contributed by atoms with Gasteiger partial charge in [-0.05, 0) is 65.6 Å². The molecule has 1 aliphatic rings. The van der Waals surface area contributed by atoms with Crippen molar-refractivity contribution in [1.82, 2.24) is 0 Å². The van der Waals surface area contributed by atoms with Gasteiger partial charge in [0, 0.05) is 0 Å². The summed E-state index contributed by atoms with van der Waals surface area (Å²) in [6.07, 6.45) is 4.47. The third-order valence-electron chi connectivity index (χ3n) is 6.11. The Bertz CT molecular complexity index is 1210. The Morgan fingerprint density at radius 1 is 0.600 bits per heavy atom. The van der Waals surface area contributed by atoms with E-state index in [2.05, 4.69) is 111 Å². The molecule has 146 valence electrons. The lowest BCUT2D eigenvalue weighted by Gasteiger charge is -2.14. The van der Waals surface area contributed by atoms with E-state index in [9.17, 15) is 0 Å². The van der Waals surface area contributed by atoms with Crippen LogP contribution in [0, 0.1) is 13.8 Å². The van der Waals surface area contributed by atoms with Crippen LogP contribution in [0.15, 0.2) is 96.6 Å². The Morgan fingerprint density at radius 3 is 1.80 bits per heavy atom. The number of aryl methyl sites for hydroxylation is 2. The molecule has 0 aromatic heterocycles. The normalized spacial score (nSPS) is 12.5. The van der Waals surface area contributed by atoms with Gasteiger partial charge in [0.2, 0.25) is 0 Å². The molecule has 0 heterocycles. The first-order valence-electron chi connectivity index (χ1n) is 10.7. The van der Waals surface area contributed by atoms with E-state index in [1.165, 1.54) is 55.6 Å². The first kappa shape index (κ1) is 18.6. The topological polar surface area (TPSA) is 0 Å². The third kappa shape index (κ3) is 3.62. The lowest BCUT2D eigenvalue weighted by Crippen LogP contribution is -1.95. The van der Waals surface area contributed by atoms with Crippen molar-refractivity contribution in [1.29, 1.82) is 0 Å². The molecule has 4 aromatic rings. The summed E-state index contributed by atoms with van der Waals surface area (Å²) in [5.74, 6) is 0. The summed E-state index contributed by atoms with van der Waals surface area (Å²) in [5, 5.41) is 0. The van der Waals surface area contributed by atoms with E-state index < -0.39 is 0 Å². The zero-order valence-electron chi connectivity index (χ0n) is 17.7. The maximum Gasteiger partial charge on any atom is -0.00481 e. The van der Waals surface area contributed by atoms with Crippen LogP contribution in [0.4, 0.5) is 0 Å². The van der Waals surface area contributed by atoms with Crippen molar-refractivity contribution >= 4 is 6.08 Å². The van der Waals surface area contributed by atoms with Gasteiger partial charge in [0.15, 0.2) is 0 Å². The summed E-state index contributed by atoms with van der Waals surface area (Å²) >= 11 is 0. The van der Waals surface area contributed by atoms with Crippen molar-refractivity contribution in [2.24, 2.45) is 0 Å². The summed E-state index contributed by atoms with van der Waals surface area (Å²) in [7, 11) is 0. The van der Waals surface area contributed by atoms with Gasteiger partial charge in [-0.15, -0.1) is 0 Å². The van der Waals surface area contributed by atoms with Gasteiger partial charge in [0.25, 0.3) is 0 Å². The highest BCUT2D eigenvalue weighted by atomic mass is 14.2. The molecule has 5 rings (SSSR count). The monoisotopic (exact) mass is 386 g/mol. The first-order valence-corrected chi connectivity index (χ1v) is 10.7. The first-order chi connectivity index (χ1) is 14.7. The standard InChI is InChI=1S/C30H26/c1-21-8-12-25(13-9-21)27-16-17-28(26-14-10-22(2)11-15-26)30-20-24(19-29(27)30)18-23-6-4-3-5-7-23/h3-17,19H,18,20H2,1-2H3. The molecule has 4 aromatic carbocycles. The fourth-order valence-electron chi connectivity index (χ4n) is 4.46. The lowest BCUT2D eigenvalue weighted by atomic mass is 9.90. The van der Waals surface area contributed by atoms with Gasteiger partial charge in [0.1, 0.15) is 0 Å². The SMILES string of the molecule is Cc1ccc(-c2ccc(-c3ccc(C)cc3)c3c2C=C(Cc2ccccc2)C3)cc1. The van der Waals surface area contributed by atoms with Gasteiger partial charge in [0.05, 0.1) is 0 Å². The van der Waals surface area contributed by atoms with E-state index in [0.717, 1.165) is 12.8 Å². The number of allylic oxidation sites excluding steroid dienone is 1. The Hall–Kier alpha value is -3.38. The zero-order valence-corrected chi connectivity index (χ0v) is 17.7. The molecule has 0 unspecified atom stereocenters. The maximum atomic E-state index is 2.44. The Balaban J connectivity index is 1.61. The minimum atomic E-state index is 1.01. The van der Waals surface area contributed by atoms with E-state index in [1.54, 1.807) is 0 Å². The van der Waals surface area contributed by atoms with Crippen molar-refractivity contribution in [3.63, 3.8) is 0 Å². The van der Waals surface area contributed by atoms with Crippen molar-refractivity contribution in [3.05, 3.63) is 124 Å². The molecule has 0 atom stereocenters. The molecule has 0 saturated heterocycles. The van der Waals surface area contributed by atoms with Gasteiger partial charge in [-0.1, -0.05) is 114 Å². The summed E-state index contributed by atoms with van der Waals surface area (Å²) in [4.78, 5) is 0. The van der Waals surface area contributed by atoms with Gasteiger partial charge in [-0.25, -0.2) is 0 Å². The highest BCUT2D eigenvalue weighted by Gasteiger charge is 2.21. The average molecular weight is 387 g/mol. The van der Waals surface area contributed by atoms with Crippen LogP contribution in [-0.4, -0.2) is 0 Å². The van der Waals surface area contributed by atoms with Crippen LogP contribution >= 0.6 is 0 Å². The highest BCUT2D eigenvalue weighted by Crippen LogP contribution is 2.40. The van der Waals surface area contributed by atoms with Gasteiger partial charge >= 0.3 is 0 Å². The van der Waals surface area contributed by atoms with E-state index in [1.807, 2.05) is 0 Å². The molecule has 0 saturated carbocycles. The third-order valence-corrected chi connectivity index (χ3v) is 6.11. The molecule has 0 aliphatic heterocycles. The van der Waals surface area contributed by atoms with E-state index in [0.29, 0.717) is 0 Å². The Kier molecular flexibility index (Phi) is 4.85. The van der Waals surface area contributed by atoms with Crippen LogP contribution in [0.2, 0.25) is 0 Å². The smallest absolute Gasteiger partial charge is 0.00481 e. The molecular formula is C30H26. The van der Waals surface area contributed by atoms with Crippen LogP contribution in [0.3, 0.4) is 0 Å². The van der Waals surface area contributed by atoms with Crippen molar-refractivity contribution in [2.75, 3.05) is 0 Å². The van der Waals surface area contributed by atoms with Crippen molar-refractivity contribution < 1.29 is 0 Å². The fourth-order valence-corrected chi connectivity index (χ4v) is 4.46. The summed E-state index contributed by atoms with van der Waals surface area (Å²) in [6, 6.07) is 33.3. The van der Waals surface area contributed by atoms with Gasteiger partial charge in [-0.2, -0.15) is 0 Å². The number of rotatable bonds is 4. The molecule has 1 aliphatic carbocycles. The van der Waals surface area contributed by atoms with Crippen LogP contribution in [0.1, 0.15) is 27.8 Å². The molecule has 0 nitrogen and oxygen atoms in total. The predicted molar refractivity (Wildman–Crippen MR) is 129 cm³/mol. The zero-order chi connectivity index (χ0) is 20.5. The Labute approximate surface area is 179 Å². The summed E-state index contributed by atoms with van der Waals surface area (Å²) < 4.78 is 0. The van der Waals surface area contributed by atoms with Crippen LogP contribution in [0.5, 0.6) is 0 Å². The van der Waals surface area contributed by atoms with Gasteiger partial charge in [-0.3, -0.25) is 0 Å². The number of hydrogen-bond acceptors (Lipinski definition) is 0.